The van der Waals surface area contributed by atoms with Gasteiger partial charge in [-0.05, 0) is 30.5 Å². The van der Waals surface area contributed by atoms with E-state index >= 15 is 0 Å². The van der Waals surface area contributed by atoms with Gasteiger partial charge in [-0.15, -0.1) is 0 Å². The standard InChI is InChI=1S/C15H17BrN2O/c16-13-5-3-4-11(8-13)12-9-17-18(10-12)14-6-1-2-7-15(14)19/h3-5,8-10,14-15,19H,1-2,6-7H2. The molecule has 1 aromatic heterocycles. The number of hydrogen-bond acceptors (Lipinski definition) is 2. The Morgan fingerprint density at radius 2 is 2.05 bits per heavy atom. The molecule has 0 aliphatic heterocycles. The van der Waals surface area contributed by atoms with E-state index in [4.69, 9.17) is 0 Å². The van der Waals surface area contributed by atoms with Crippen molar-refractivity contribution in [2.75, 3.05) is 0 Å². The van der Waals surface area contributed by atoms with Gasteiger partial charge in [-0.25, -0.2) is 0 Å². The van der Waals surface area contributed by atoms with E-state index in [0.717, 1.165) is 34.9 Å². The predicted octanol–water partition coefficient (Wildman–Crippen LogP) is 3.79. The van der Waals surface area contributed by atoms with Gasteiger partial charge in [0.05, 0.1) is 18.3 Å². The summed E-state index contributed by atoms with van der Waals surface area (Å²) in [5, 5.41) is 14.5. The molecule has 1 fully saturated rings. The lowest BCUT2D eigenvalue weighted by molar-refractivity contribution is 0.0695. The Morgan fingerprint density at radius 3 is 2.84 bits per heavy atom. The van der Waals surface area contributed by atoms with E-state index < -0.39 is 0 Å². The van der Waals surface area contributed by atoms with Crippen LogP contribution >= 0.6 is 15.9 Å². The summed E-state index contributed by atoms with van der Waals surface area (Å²) in [4.78, 5) is 0. The Hall–Kier alpha value is -1.13. The summed E-state index contributed by atoms with van der Waals surface area (Å²) in [6.07, 6.45) is 7.86. The van der Waals surface area contributed by atoms with Crippen LogP contribution < -0.4 is 0 Å². The van der Waals surface area contributed by atoms with E-state index in [1.165, 1.54) is 6.42 Å². The summed E-state index contributed by atoms with van der Waals surface area (Å²) in [5.74, 6) is 0. The minimum Gasteiger partial charge on any atom is -0.391 e. The molecule has 1 aliphatic rings. The van der Waals surface area contributed by atoms with Crippen molar-refractivity contribution in [3.63, 3.8) is 0 Å². The Kier molecular flexibility index (Phi) is 3.71. The third-order valence-electron chi connectivity index (χ3n) is 3.79. The van der Waals surface area contributed by atoms with Gasteiger partial charge in [0.15, 0.2) is 0 Å². The molecule has 3 rings (SSSR count). The smallest absolute Gasteiger partial charge is 0.0778 e. The fraction of sp³-hybridized carbons (Fsp3) is 0.400. The Bertz CT molecular complexity index is 567. The van der Waals surface area contributed by atoms with Gasteiger partial charge in [0.2, 0.25) is 0 Å². The highest BCUT2D eigenvalue weighted by Crippen LogP contribution is 2.30. The fourth-order valence-electron chi connectivity index (χ4n) is 2.74. The first-order valence-corrected chi connectivity index (χ1v) is 7.51. The van der Waals surface area contributed by atoms with Gasteiger partial charge in [0.25, 0.3) is 0 Å². The van der Waals surface area contributed by atoms with Crippen LogP contribution in [-0.4, -0.2) is 21.0 Å². The fourth-order valence-corrected chi connectivity index (χ4v) is 3.14. The number of aliphatic hydroxyl groups is 1. The summed E-state index contributed by atoms with van der Waals surface area (Å²) in [5.41, 5.74) is 2.24. The second-order valence-corrected chi connectivity index (χ2v) is 6.05. The van der Waals surface area contributed by atoms with E-state index in [1.54, 1.807) is 0 Å². The van der Waals surface area contributed by atoms with Crippen LogP contribution in [0.5, 0.6) is 0 Å². The first kappa shape index (κ1) is 12.9. The molecule has 2 aromatic rings. The second kappa shape index (κ2) is 5.47. The van der Waals surface area contributed by atoms with Crippen molar-refractivity contribution in [1.82, 2.24) is 9.78 Å². The lowest BCUT2D eigenvalue weighted by Gasteiger charge is -2.27. The minimum atomic E-state index is -0.260. The van der Waals surface area contributed by atoms with Gasteiger partial charge in [-0.1, -0.05) is 40.9 Å². The van der Waals surface area contributed by atoms with E-state index in [1.807, 2.05) is 29.2 Å². The molecule has 1 aliphatic carbocycles. The maximum atomic E-state index is 10.1. The van der Waals surface area contributed by atoms with E-state index in [9.17, 15) is 5.11 Å². The quantitative estimate of drug-likeness (QED) is 0.914. The van der Waals surface area contributed by atoms with Gasteiger partial charge in [-0.2, -0.15) is 5.10 Å². The van der Waals surface area contributed by atoms with Crippen molar-refractivity contribution in [3.8, 4) is 11.1 Å². The highest BCUT2D eigenvalue weighted by atomic mass is 79.9. The lowest BCUT2D eigenvalue weighted by Crippen LogP contribution is -2.27. The summed E-state index contributed by atoms with van der Waals surface area (Å²) < 4.78 is 3.00. The molecule has 2 unspecified atom stereocenters. The molecule has 1 aromatic carbocycles. The summed E-state index contributed by atoms with van der Waals surface area (Å²) in [6, 6.07) is 8.32. The number of nitrogens with zero attached hydrogens (tertiary/aromatic N) is 2. The topological polar surface area (TPSA) is 38.0 Å². The zero-order valence-corrected chi connectivity index (χ0v) is 12.3. The Labute approximate surface area is 121 Å². The van der Waals surface area contributed by atoms with Crippen LogP contribution in [-0.2, 0) is 0 Å². The maximum Gasteiger partial charge on any atom is 0.0778 e. The average Bonchev–Trinajstić information content (AvgIpc) is 2.89. The molecule has 100 valence electrons. The van der Waals surface area contributed by atoms with Crippen molar-refractivity contribution >= 4 is 15.9 Å². The zero-order chi connectivity index (χ0) is 13.2. The zero-order valence-electron chi connectivity index (χ0n) is 10.7. The summed E-state index contributed by atoms with van der Waals surface area (Å²) >= 11 is 3.49. The van der Waals surface area contributed by atoms with Crippen LogP contribution in [0.4, 0.5) is 0 Å². The van der Waals surface area contributed by atoms with Crippen molar-refractivity contribution in [3.05, 3.63) is 41.1 Å². The molecule has 0 spiro atoms. The molecule has 4 heteroatoms. The lowest BCUT2D eigenvalue weighted by atomic mass is 9.93. The number of halogens is 1. The number of aromatic nitrogens is 2. The SMILES string of the molecule is OC1CCCCC1n1cc(-c2cccc(Br)c2)cn1. The molecule has 3 nitrogen and oxygen atoms in total. The minimum absolute atomic E-state index is 0.134. The molecular weight excluding hydrogens is 304 g/mol. The first-order valence-electron chi connectivity index (χ1n) is 6.72. The summed E-state index contributed by atoms with van der Waals surface area (Å²) in [6.45, 7) is 0. The first-order chi connectivity index (χ1) is 9.24. The van der Waals surface area contributed by atoms with Crippen molar-refractivity contribution in [2.24, 2.45) is 0 Å². The molecule has 1 heterocycles. The number of aliphatic hydroxyl groups excluding tert-OH is 1. The van der Waals surface area contributed by atoms with E-state index in [-0.39, 0.29) is 12.1 Å². The highest BCUT2D eigenvalue weighted by molar-refractivity contribution is 9.10. The van der Waals surface area contributed by atoms with Crippen molar-refractivity contribution in [2.45, 2.75) is 37.8 Å². The van der Waals surface area contributed by atoms with Crippen LogP contribution in [0.3, 0.4) is 0 Å². The third-order valence-corrected chi connectivity index (χ3v) is 4.29. The molecule has 0 bridgehead atoms. The molecule has 0 saturated heterocycles. The molecule has 0 radical (unpaired) electrons. The molecule has 1 N–H and O–H groups in total. The van der Waals surface area contributed by atoms with Gasteiger partial charge in [0, 0.05) is 16.2 Å². The second-order valence-electron chi connectivity index (χ2n) is 5.14. The molecule has 0 amide bonds. The number of rotatable bonds is 2. The molecule has 19 heavy (non-hydrogen) atoms. The third kappa shape index (κ3) is 2.74. The largest absolute Gasteiger partial charge is 0.391 e. The molecular formula is C15H17BrN2O. The van der Waals surface area contributed by atoms with E-state index in [2.05, 4.69) is 33.2 Å². The van der Waals surface area contributed by atoms with Gasteiger partial charge < -0.3 is 5.11 Å². The van der Waals surface area contributed by atoms with Crippen LogP contribution in [0.1, 0.15) is 31.7 Å². The highest BCUT2D eigenvalue weighted by Gasteiger charge is 2.25. The Balaban J connectivity index is 1.86. The number of benzene rings is 1. The van der Waals surface area contributed by atoms with Crippen molar-refractivity contribution < 1.29 is 5.11 Å². The van der Waals surface area contributed by atoms with Crippen LogP contribution in [0.25, 0.3) is 11.1 Å². The molecule has 1 saturated carbocycles. The molecule has 2 atom stereocenters. The normalized spacial score (nSPS) is 23.5. The van der Waals surface area contributed by atoms with Crippen LogP contribution in [0, 0.1) is 0 Å². The average molecular weight is 321 g/mol. The van der Waals surface area contributed by atoms with E-state index in [0.29, 0.717) is 0 Å². The van der Waals surface area contributed by atoms with Crippen LogP contribution in [0.15, 0.2) is 41.1 Å². The van der Waals surface area contributed by atoms with Crippen LogP contribution in [0.2, 0.25) is 0 Å². The van der Waals surface area contributed by atoms with Gasteiger partial charge in [0.1, 0.15) is 0 Å². The summed E-state index contributed by atoms with van der Waals surface area (Å²) in [7, 11) is 0. The number of hydrogen-bond donors (Lipinski definition) is 1. The predicted molar refractivity (Wildman–Crippen MR) is 78.9 cm³/mol. The van der Waals surface area contributed by atoms with Gasteiger partial charge in [-0.3, -0.25) is 4.68 Å². The Morgan fingerprint density at radius 1 is 1.21 bits per heavy atom. The monoisotopic (exact) mass is 320 g/mol. The van der Waals surface area contributed by atoms with Gasteiger partial charge >= 0.3 is 0 Å². The maximum absolute atomic E-state index is 10.1. The van der Waals surface area contributed by atoms with Crippen molar-refractivity contribution in [1.29, 1.82) is 0 Å².